The van der Waals surface area contributed by atoms with Gasteiger partial charge < -0.3 is 5.11 Å². The van der Waals surface area contributed by atoms with Crippen LogP contribution in [0.25, 0.3) is 12.4 Å². The van der Waals surface area contributed by atoms with Crippen molar-refractivity contribution in [1.82, 2.24) is 13.7 Å². The molecule has 0 radical (unpaired) electrons. The highest BCUT2D eigenvalue weighted by atomic mass is 19.3. The Balaban J connectivity index is 0.00000110. The van der Waals surface area contributed by atoms with Gasteiger partial charge in [0.05, 0.1) is 25.6 Å². The Hall–Kier alpha value is -3.09. The van der Waals surface area contributed by atoms with Gasteiger partial charge in [-0.05, 0) is 0 Å². The molecule has 0 amide bonds. The molecule has 1 N–H and O–H groups in total. The van der Waals surface area contributed by atoms with Crippen molar-refractivity contribution in [3.05, 3.63) is 68.4 Å². The van der Waals surface area contributed by atoms with Gasteiger partial charge in [-0.3, -0.25) is 0 Å². The van der Waals surface area contributed by atoms with Crippen molar-refractivity contribution in [3.63, 3.8) is 0 Å². The fraction of sp³-hybridized carbons (Fsp3) is 0.154. The van der Waals surface area contributed by atoms with E-state index in [2.05, 4.69) is 13.2 Å². The van der Waals surface area contributed by atoms with Gasteiger partial charge in [-0.1, -0.05) is 13.2 Å². The van der Waals surface area contributed by atoms with Gasteiger partial charge in [-0.25, -0.2) is 36.9 Å². The highest BCUT2D eigenvalue weighted by molar-refractivity contribution is 5.26. The Labute approximate surface area is 140 Å². The molecule has 1 rings (SSSR count). The van der Waals surface area contributed by atoms with E-state index in [9.17, 15) is 40.7 Å². The van der Waals surface area contributed by atoms with Gasteiger partial charge in [-0.15, -0.1) is 0 Å². The summed E-state index contributed by atoms with van der Waals surface area (Å²) in [7, 11) is 0. The van der Waals surface area contributed by atoms with Crippen LogP contribution in [0.4, 0.5) is 26.3 Å². The summed E-state index contributed by atoms with van der Waals surface area (Å²) in [5.41, 5.74) is -5.01. The number of rotatable bonds is 5. The van der Waals surface area contributed by atoms with Crippen molar-refractivity contribution < 1.29 is 31.4 Å². The van der Waals surface area contributed by atoms with E-state index in [1.807, 2.05) is 0 Å². The molecule has 7 nitrogen and oxygen atoms in total. The van der Waals surface area contributed by atoms with Crippen molar-refractivity contribution in [2.45, 2.75) is 6.54 Å². The highest BCUT2D eigenvalue weighted by Crippen LogP contribution is 1.99. The summed E-state index contributed by atoms with van der Waals surface area (Å²) in [5.74, 6) is -1.91. The smallest absolute Gasteiger partial charge is 0.345 e. The van der Waals surface area contributed by atoms with Gasteiger partial charge in [0.2, 0.25) is 0 Å². The number of aliphatic hydroxyl groups is 1. The molecular weight excluding hydrogens is 376 g/mol. The molecule has 0 aliphatic rings. The standard InChI is InChI=1S/C10H6F5N3O3.C3H5FO/c1-5(11)2-16-8(19)17(3-6(12)13)10(21)18(9(16)20)4-7(14)15;1-3(4)2-5/h3-4H,1-2H2;5H,1-2H2. The second-order valence-electron chi connectivity index (χ2n) is 4.20. The SMILES string of the molecule is C=C(F)CO.C=C(F)Cn1c(=O)n(C=C(F)F)c(=O)n(C=C(F)F)c1=O. The fourth-order valence-electron chi connectivity index (χ4n) is 1.34. The predicted octanol–water partition coefficient (Wildman–Crippen LogP) is 1.51. The molecule has 1 aromatic rings. The first-order chi connectivity index (χ1) is 11.9. The Morgan fingerprint density at radius 1 is 0.808 bits per heavy atom. The molecule has 1 aromatic heterocycles. The van der Waals surface area contributed by atoms with Gasteiger partial charge in [0, 0.05) is 0 Å². The topological polar surface area (TPSA) is 86.2 Å². The van der Waals surface area contributed by atoms with Crippen molar-refractivity contribution in [2.24, 2.45) is 0 Å². The molecule has 0 atom stereocenters. The largest absolute Gasteiger partial charge is 0.389 e. The molecule has 26 heavy (non-hydrogen) atoms. The summed E-state index contributed by atoms with van der Waals surface area (Å²) >= 11 is 0. The van der Waals surface area contributed by atoms with E-state index < -0.39 is 54.0 Å². The molecule has 13 heteroatoms. The third kappa shape index (κ3) is 6.80. The number of nitrogens with zero attached hydrogens (tertiary/aromatic N) is 3. The number of hydrogen-bond donors (Lipinski definition) is 1. The molecule has 0 saturated carbocycles. The second-order valence-corrected chi connectivity index (χ2v) is 4.20. The van der Waals surface area contributed by atoms with Gasteiger partial charge in [0.15, 0.2) is 0 Å². The summed E-state index contributed by atoms with van der Waals surface area (Å²) in [4.78, 5) is 34.8. The number of aliphatic hydroxyl groups excluding tert-OH is 1. The summed E-state index contributed by atoms with van der Waals surface area (Å²) in [5, 5.41) is 7.67. The van der Waals surface area contributed by atoms with E-state index >= 15 is 0 Å². The van der Waals surface area contributed by atoms with Crippen LogP contribution in [0.15, 0.2) is 51.4 Å². The number of aromatic nitrogens is 3. The minimum absolute atomic E-state index is 0.0391. The maximum atomic E-state index is 12.7. The second kappa shape index (κ2) is 10.0. The van der Waals surface area contributed by atoms with Crippen LogP contribution in [0.2, 0.25) is 0 Å². The lowest BCUT2D eigenvalue weighted by atomic mass is 10.5. The van der Waals surface area contributed by atoms with Crippen LogP contribution in [0.5, 0.6) is 0 Å². The zero-order chi connectivity index (χ0) is 20.6. The maximum Gasteiger partial charge on any atom is 0.345 e. The molecule has 0 saturated heterocycles. The van der Waals surface area contributed by atoms with E-state index in [-0.39, 0.29) is 26.1 Å². The molecule has 0 aliphatic heterocycles. The third-order valence-corrected chi connectivity index (χ3v) is 2.24. The molecule has 0 spiro atoms. The first kappa shape index (κ1) is 22.9. The van der Waals surface area contributed by atoms with Crippen LogP contribution in [0.3, 0.4) is 0 Å². The summed E-state index contributed by atoms with van der Waals surface area (Å²) in [6, 6.07) is 0. The molecule has 0 bridgehead atoms. The average Bonchev–Trinajstić information content (AvgIpc) is 2.52. The van der Waals surface area contributed by atoms with Crippen molar-refractivity contribution in [3.8, 4) is 0 Å². The van der Waals surface area contributed by atoms with E-state index in [0.717, 1.165) is 0 Å². The molecule has 0 unspecified atom stereocenters. The van der Waals surface area contributed by atoms with Crippen molar-refractivity contribution in [2.75, 3.05) is 6.61 Å². The van der Waals surface area contributed by atoms with Crippen molar-refractivity contribution >= 4 is 12.4 Å². The maximum absolute atomic E-state index is 12.7. The minimum atomic E-state index is -2.50. The summed E-state index contributed by atoms with van der Waals surface area (Å²) in [6.45, 7) is 3.87. The van der Waals surface area contributed by atoms with Crippen LogP contribution in [-0.2, 0) is 6.54 Å². The molecule has 0 fully saturated rings. The summed E-state index contributed by atoms with van der Waals surface area (Å²) < 4.78 is 71.8. The Bertz CT molecular complexity index is 861. The lowest BCUT2D eigenvalue weighted by Crippen LogP contribution is -2.52. The van der Waals surface area contributed by atoms with E-state index in [0.29, 0.717) is 0 Å². The van der Waals surface area contributed by atoms with Gasteiger partial charge in [0.25, 0.3) is 12.2 Å². The Morgan fingerprint density at radius 3 is 1.38 bits per heavy atom. The van der Waals surface area contributed by atoms with Crippen LogP contribution in [0, 0.1) is 0 Å². The molecular formula is C13H11F6N3O4. The van der Waals surface area contributed by atoms with Crippen LogP contribution in [0.1, 0.15) is 0 Å². The van der Waals surface area contributed by atoms with E-state index in [1.165, 1.54) is 0 Å². The van der Waals surface area contributed by atoms with Gasteiger partial charge >= 0.3 is 17.1 Å². The van der Waals surface area contributed by atoms with Gasteiger partial charge in [-0.2, -0.15) is 17.6 Å². The molecule has 144 valence electrons. The number of allylic oxidation sites excluding steroid dienone is 1. The molecule has 0 aromatic carbocycles. The Morgan fingerprint density at radius 2 is 1.15 bits per heavy atom. The first-order valence-electron chi connectivity index (χ1n) is 6.23. The third-order valence-electron chi connectivity index (χ3n) is 2.24. The van der Waals surface area contributed by atoms with Crippen molar-refractivity contribution in [1.29, 1.82) is 0 Å². The van der Waals surface area contributed by atoms with E-state index in [1.54, 1.807) is 0 Å². The fourth-order valence-corrected chi connectivity index (χ4v) is 1.34. The number of hydrogen-bond acceptors (Lipinski definition) is 4. The molecule has 1 heterocycles. The summed E-state index contributed by atoms with van der Waals surface area (Å²) in [6.07, 6.45) is -5.56. The monoisotopic (exact) mass is 387 g/mol. The Kier molecular flexibility index (Phi) is 8.83. The first-order valence-corrected chi connectivity index (χ1v) is 6.23. The zero-order valence-corrected chi connectivity index (χ0v) is 12.8. The lowest BCUT2D eigenvalue weighted by Gasteiger charge is -2.07. The van der Waals surface area contributed by atoms with Gasteiger partial charge in [0.1, 0.15) is 11.7 Å². The molecule has 0 aliphatic carbocycles. The lowest BCUT2D eigenvalue weighted by molar-refractivity contribution is 0.299. The van der Waals surface area contributed by atoms with Crippen LogP contribution < -0.4 is 17.1 Å². The predicted molar refractivity (Wildman–Crippen MR) is 79.8 cm³/mol. The van der Waals surface area contributed by atoms with Crippen LogP contribution in [-0.4, -0.2) is 25.4 Å². The number of halogens is 6. The average molecular weight is 387 g/mol. The van der Waals surface area contributed by atoms with E-state index in [4.69, 9.17) is 5.11 Å². The highest BCUT2D eigenvalue weighted by Gasteiger charge is 2.15. The van der Waals surface area contributed by atoms with Crippen LogP contribution >= 0.6 is 0 Å². The quantitative estimate of drug-likeness (QED) is 0.776. The normalized spacial score (nSPS) is 9.65. The zero-order valence-electron chi connectivity index (χ0n) is 12.8. The minimum Gasteiger partial charge on any atom is -0.389 e.